The van der Waals surface area contributed by atoms with Crippen molar-refractivity contribution in [2.75, 3.05) is 0 Å². The molecule has 2 N–H and O–H groups in total. The Labute approximate surface area is 74.2 Å². The number of aliphatic hydroxyl groups excluding tert-OH is 1. The molecule has 0 saturated carbocycles. The van der Waals surface area contributed by atoms with E-state index in [0.717, 1.165) is 0 Å². The van der Waals surface area contributed by atoms with Gasteiger partial charge in [0, 0.05) is 18.8 Å². The van der Waals surface area contributed by atoms with Gasteiger partial charge < -0.3 is 5.11 Å². The van der Waals surface area contributed by atoms with Crippen LogP contribution < -0.4 is 0 Å². The van der Waals surface area contributed by atoms with Gasteiger partial charge in [-0.2, -0.15) is 20.5 Å². The first kappa shape index (κ1) is 7.93. The topological polar surface area (TPSA) is 79.6 Å². The summed E-state index contributed by atoms with van der Waals surface area (Å²) in [6, 6.07) is 0. The van der Waals surface area contributed by atoms with Gasteiger partial charge in [-0.1, -0.05) is 0 Å². The molecule has 2 aromatic rings. The number of nitrogens with one attached hydrogen (secondary N) is 1. The fraction of sp³-hybridized carbons (Fsp3) is 0.286. The Hall–Kier alpha value is -1.69. The number of aryl methyl sites for hydroxylation is 1. The van der Waals surface area contributed by atoms with Crippen molar-refractivity contribution in [2.45, 2.75) is 6.10 Å². The van der Waals surface area contributed by atoms with Gasteiger partial charge in [0.15, 0.2) is 0 Å². The predicted octanol–water partition coefficient (Wildman–Crippen LogP) is -0.380. The van der Waals surface area contributed by atoms with Crippen LogP contribution in [0.1, 0.15) is 17.4 Å². The van der Waals surface area contributed by atoms with Gasteiger partial charge in [-0.25, -0.2) is 0 Å². The van der Waals surface area contributed by atoms with Gasteiger partial charge in [0.25, 0.3) is 0 Å². The molecule has 2 heterocycles. The number of aliphatic hydroxyl groups is 1. The summed E-state index contributed by atoms with van der Waals surface area (Å²) in [6.07, 6.45) is 4.06. The number of aromatic nitrogens is 5. The molecule has 13 heavy (non-hydrogen) atoms. The van der Waals surface area contributed by atoms with Crippen molar-refractivity contribution >= 4 is 0 Å². The molecule has 6 nitrogen and oxygen atoms in total. The van der Waals surface area contributed by atoms with E-state index < -0.39 is 6.10 Å². The Morgan fingerprint density at radius 1 is 1.54 bits per heavy atom. The molecule has 0 radical (unpaired) electrons. The highest BCUT2D eigenvalue weighted by atomic mass is 16.3. The summed E-state index contributed by atoms with van der Waals surface area (Å²) >= 11 is 0. The zero-order chi connectivity index (χ0) is 9.26. The summed E-state index contributed by atoms with van der Waals surface area (Å²) in [5.74, 6) is 0. The second kappa shape index (κ2) is 2.98. The summed E-state index contributed by atoms with van der Waals surface area (Å²) in [5.41, 5.74) is 1.20. The Kier molecular flexibility index (Phi) is 1.82. The van der Waals surface area contributed by atoms with Crippen LogP contribution >= 0.6 is 0 Å². The largest absolute Gasteiger partial charge is 0.382 e. The lowest BCUT2D eigenvalue weighted by Crippen LogP contribution is -1.98. The second-order valence-corrected chi connectivity index (χ2v) is 2.74. The molecule has 6 heteroatoms. The van der Waals surface area contributed by atoms with Crippen LogP contribution in [0.25, 0.3) is 0 Å². The monoisotopic (exact) mass is 179 g/mol. The van der Waals surface area contributed by atoms with Crippen molar-refractivity contribution in [1.29, 1.82) is 0 Å². The average Bonchev–Trinajstić information content (AvgIpc) is 2.72. The lowest BCUT2D eigenvalue weighted by Gasteiger charge is -2.01. The molecular formula is C7H9N5O. The summed E-state index contributed by atoms with van der Waals surface area (Å²) in [4.78, 5) is 0. The summed E-state index contributed by atoms with van der Waals surface area (Å²) in [5, 5.41) is 23.5. The predicted molar refractivity (Wildman–Crippen MR) is 43.7 cm³/mol. The van der Waals surface area contributed by atoms with Crippen LogP contribution in [0.2, 0.25) is 0 Å². The highest BCUT2D eigenvalue weighted by Crippen LogP contribution is 2.17. The molecule has 0 fully saturated rings. The van der Waals surface area contributed by atoms with E-state index in [4.69, 9.17) is 0 Å². The van der Waals surface area contributed by atoms with Crippen LogP contribution in [0.4, 0.5) is 0 Å². The van der Waals surface area contributed by atoms with Crippen LogP contribution in [-0.4, -0.2) is 30.3 Å². The van der Waals surface area contributed by atoms with Gasteiger partial charge >= 0.3 is 0 Å². The maximum atomic E-state index is 9.72. The summed E-state index contributed by atoms with van der Waals surface area (Å²) in [7, 11) is 1.79. The van der Waals surface area contributed by atoms with E-state index in [1.54, 1.807) is 24.1 Å². The Morgan fingerprint density at radius 2 is 2.38 bits per heavy atom. The molecule has 0 amide bonds. The number of H-pyrrole nitrogens is 1. The van der Waals surface area contributed by atoms with Crippen LogP contribution in [-0.2, 0) is 7.05 Å². The van der Waals surface area contributed by atoms with Gasteiger partial charge in [-0.3, -0.25) is 4.68 Å². The zero-order valence-electron chi connectivity index (χ0n) is 7.05. The van der Waals surface area contributed by atoms with Crippen LogP contribution in [0.3, 0.4) is 0 Å². The Morgan fingerprint density at radius 3 is 2.92 bits per heavy atom. The molecule has 0 aromatic carbocycles. The first-order chi connectivity index (χ1) is 6.27. The van der Waals surface area contributed by atoms with Crippen LogP contribution in [0.5, 0.6) is 0 Å². The van der Waals surface area contributed by atoms with E-state index in [2.05, 4.69) is 20.5 Å². The smallest absolute Gasteiger partial charge is 0.127 e. The first-order valence-electron chi connectivity index (χ1n) is 3.79. The lowest BCUT2D eigenvalue weighted by molar-refractivity contribution is 0.215. The number of hydrogen-bond acceptors (Lipinski definition) is 4. The third-order valence-corrected chi connectivity index (χ3v) is 1.75. The Bertz CT molecular complexity index is 379. The molecular weight excluding hydrogens is 170 g/mol. The van der Waals surface area contributed by atoms with Crippen molar-refractivity contribution < 1.29 is 5.11 Å². The van der Waals surface area contributed by atoms with E-state index in [1.807, 2.05) is 0 Å². The lowest BCUT2D eigenvalue weighted by atomic mass is 10.1. The maximum absolute atomic E-state index is 9.72. The third kappa shape index (κ3) is 1.43. The molecule has 0 bridgehead atoms. The minimum atomic E-state index is -0.757. The molecule has 0 saturated heterocycles. The maximum Gasteiger partial charge on any atom is 0.127 e. The quantitative estimate of drug-likeness (QED) is 0.658. The van der Waals surface area contributed by atoms with Crippen molar-refractivity contribution in [3.05, 3.63) is 29.8 Å². The highest BCUT2D eigenvalue weighted by molar-refractivity contribution is 5.17. The minimum Gasteiger partial charge on any atom is -0.382 e. The van der Waals surface area contributed by atoms with Crippen molar-refractivity contribution in [1.82, 2.24) is 25.2 Å². The molecule has 0 aliphatic heterocycles. The van der Waals surface area contributed by atoms with Gasteiger partial charge in [0.05, 0.1) is 12.4 Å². The number of nitrogens with zero attached hydrogens (tertiary/aromatic N) is 4. The normalized spacial score (nSPS) is 13.1. The van der Waals surface area contributed by atoms with Crippen molar-refractivity contribution in [2.24, 2.45) is 7.05 Å². The molecule has 0 aliphatic carbocycles. The van der Waals surface area contributed by atoms with Crippen LogP contribution in [0.15, 0.2) is 18.6 Å². The fourth-order valence-electron chi connectivity index (χ4n) is 1.09. The summed E-state index contributed by atoms with van der Waals surface area (Å²) < 4.78 is 1.62. The molecule has 1 unspecified atom stereocenters. The fourth-order valence-corrected chi connectivity index (χ4v) is 1.09. The van der Waals surface area contributed by atoms with Crippen LogP contribution in [0, 0.1) is 0 Å². The third-order valence-electron chi connectivity index (χ3n) is 1.75. The van der Waals surface area contributed by atoms with E-state index in [1.165, 1.54) is 6.20 Å². The molecule has 2 rings (SSSR count). The number of rotatable bonds is 2. The average molecular weight is 179 g/mol. The molecule has 2 aromatic heterocycles. The number of hydrogen-bond donors (Lipinski definition) is 2. The molecule has 68 valence electrons. The van der Waals surface area contributed by atoms with E-state index in [0.29, 0.717) is 11.3 Å². The molecule has 0 aliphatic rings. The zero-order valence-corrected chi connectivity index (χ0v) is 7.05. The Balaban J connectivity index is 2.28. The van der Waals surface area contributed by atoms with Gasteiger partial charge in [0.2, 0.25) is 0 Å². The number of aromatic amines is 1. The van der Waals surface area contributed by atoms with Crippen molar-refractivity contribution in [3.63, 3.8) is 0 Å². The van der Waals surface area contributed by atoms with Gasteiger partial charge in [-0.05, 0) is 0 Å². The standard InChI is InChI=1S/C7H9N5O/c1-12-4-5(2-9-12)7(13)6-3-8-11-10-6/h2-4,7,13H,1H3,(H,8,10,11). The van der Waals surface area contributed by atoms with E-state index in [-0.39, 0.29) is 0 Å². The van der Waals surface area contributed by atoms with E-state index >= 15 is 0 Å². The van der Waals surface area contributed by atoms with Gasteiger partial charge in [-0.15, -0.1) is 0 Å². The molecule has 1 atom stereocenters. The first-order valence-corrected chi connectivity index (χ1v) is 3.79. The highest BCUT2D eigenvalue weighted by Gasteiger charge is 2.14. The summed E-state index contributed by atoms with van der Waals surface area (Å²) in [6.45, 7) is 0. The van der Waals surface area contributed by atoms with Gasteiger partial charge in [0.1, 0.15) is 11.8 Å². The minimum absolute atomic E-state index is 0.494. The van der Waals surface area contributed by atoms with E-state index in [9.17, 15) is 5.11 Å². The van der Waals surface area contributed by atoms with Crippen molar-refractivity contribution in [3.8, 4) is 0 Å². The molecule has 0 spiro atoms. The second-order valence-electron chi connectivity index (χ2n) is 2.74. The SMILES string of the molecule is Cn1cc(C(O)c2cn[nH]n2)cn1.